The van der Waals surface area contributed by atoms with E-state index >= 15 is 0 Å². The van der Waals surface area contributed by atoms with Crippen LogP contribution in [0.1, 0.15) is 43.2 Å². The Kier molecular flexibility index (Phi) is 10.5. The summed E-state index contributed by atoms with van der Waals surface area (Å²) in [6, 6.07) is 9.38. The Hall–Kier alpha value is -2.16. The molecule has 39 heavy (non-hydrogen) atoms. The first-order valence-corrected chi connectivity index (χ1v) is 13.4. The first-order valence-electron chi connectivity index (χ1n) is 11.1. The third-order valence-electron chi connectivity index (χ3n) is 5.61. The molecule has 0 amide bonds. The van der Waals surface area contributed by atoms with Crippen LogP contribution in [-0.2, 0) is 4.74 Å². The molecule has 2 heterocycles. The topological polar surface area (TPSA) is 73.3 Å². The minimum atomic E-state index is -0.546. The molecule has 0 bridgehead atoms. The normalized spacial score (nSPS) is 10.7. The van der Waals surface area contributed by atoms with Crippen molar-refractivity contribution in [3.05, 3.63) is 100 Å². The van der Waals surface area contributed by atoms with Crippen LogP contribution in [0.4, 0.5) is 0 Å². The average Bonchev–Trinajstić information content (AvgIpc) is 3.35. The second kappa shape index (κ2) is 13.0. The van der Waals surface area contributed by atoms with Gasteiger partial charge in [0.25, 0.3) is 0 Å². The van der Waals surface area contributed by atoms with Crippen molar-refractivity contribution in [1.29, 1.82) is 0 Å². The fraction of sp³-hybridized carbons (Fsp3) is 0.185. The molecule has 4 aromatic rings. The summed E-state index contributed by atoms with van der Waals surface area (Å²) in [5.74, 6) is -0.708. The average molecular weight is 651 g/mol. The fourth-order valence-electron chi connectivity index (χ4n) is 3.67. The van der Waals surface area contributed by atoms with Gasteiger partial charge in [-0.1, -0.05) is 81.7 Å². The number of hydrogen-bond acceptors (Lipinski definition) is 4. The molecular formula is C27H22Cl6N2O4. The Morgan fingerprint density at radius 3 is 2.00 bits per heavy atom. The number of carbonyl (C=O) groups excluding carboxylic acids is 2. The number of aromatic amines is 1. The highest BCUT2D eigenvalue weighted by atomic mass is 35.5. The van der Waals surface area contributed by atoms with Crippen molar-refractivity contribution >= 4 is 81.2 Å². The molecule has 206 valence electrons. The van der Waals surface area contributed by atoms with Crippen LogP contribution in [0.15, 0.2) is 36.4 Å². The van der Waals surface area contributed by atoms with E-state index in [9.17, 15) is 9.59 Å². The number of hydrogen-bond donors (Lipinski definition) is 1. The van der Waals surface area contributed by atoms with Crippen LogP contribution in [0.25, 0.3) is 5.69 Å². The molecular weight excluding hydrogens is 629 g/mol. The van der Waals surface area contributed by atoms with Gasteiger partial charge in [0.2, 0.25) is 11.6 Å². The monoisotopic (exact) mass is 648 g/mol. The number of methoxy groups -OCH3 is 2. The van der Waals surface area contributed by atoms with E-state index < -0.39 is 11.6 Å². The molecule has 2 aromatic carbocycles. The van der Waals surface area contributed by atoms with E-state index in [-0.39, 0.29) is 54.3 Å². The van der Waals surface area contributed by atoms with Gasteiger partial charge in [0, 0.05) is 29.8 Å². The van der Waals surface area contributed by atoms with E-state index in [0.717, 1.165) is 11.1 Å². The zero-order chi connectivity index (χ0) is 29.2. The van der Waals surface area contributed by atoms with Crippen LogP contribution in [0.3, 0.4) is 0 Å². The number of benzene rings is 2. The van der Waals surface area contributed by atoms with Crippen LogP contribution in [0.2, 0.25) is 30.4 Å². The second-order valence-corrected chi connectivity index (χ2v) is 10.6. The van der Waals surface area contributed by atoms with Crippen LogP contribution >= 0.6 is 69.6 Å². The third kappa shape index (κ3) is 6.28. The predicted molar refractivity (Wildman–Crippen MR) is 159 cm³/mol. The molecule has 0 radical (unpaired) electrons. The molecule has 4 rings (SSSR count). The molecule has 2 aromatic heterocycles. The number of nitrogens with one attached hydrogen (secondary N) is 1. The lowest BCUT2D eigenvalue weighted by Crippen LogP contribution is -2.13. The van der Waals surface area contributed by atoms with Crippen molar-refractivity contribution in [3.63, 3.8) is 0 Å². The van der Waals surface area contributed by atoms with E-state index in [2.05, 4.69) is 9.72 Å². The molecule has 0 aliphatic heterocycles. The molecule has 0 atom stereocenters. The zero-order valence-electron chi connectivity index (χ0n) is 21.3. The highest BCUT2D eigenvalue weighted by Gasteiger charge is 2.30. The summed E-state index contributed by atoms with van der Waals surface area (Å²) in [6.45, 7) is 3.60. The molecule has 1 N–H and O–H groups in total. The third-order valence-corrected chi connectivity index (χ3v) is 7.93. The molecule has 12 heteroatoms. The Bertz CT molecular complexity index is 1580. The number of H-pyrrole nitrogens is 1. The molecule has 0 saturated carbocycles. The smallest absolute Gasteiger partial charge is 0.215 e. The number of nitrogens with zero attached hydrogens (tertiary/aromatic N) is 1. The standard InChI is InChI=1S/C25H16Cl6N2O3.C2H6O/c1-10-4-5-12(7-14(10)26)22(34)17-9-16(28)25(31)33(17)21-19(29)24(30)32-20(21)23(35)13-8-15(27)11(2)6-18(13)36-3;1-3-2/h4-9,32H,1-3H3;1-2H3. The number of aromatic nitrogens is 2. The van der Waals surface area contributed by atoms with E-state index in [1.165, 1.54) is 29.9 Å². The number of carbonyl (C=O) groups is 2. The van der Waals surface area contributed by atoms with Gasteiger partial charge < -0.3 is 14.5 Å². The number of aryl methyl sites for hydroxylation is 2. The van der Waals surface area contributed by atoms with Crippen molar-refractivity contribution in [2.75, 3.05) is 21.3 Å². The molecule has 0 spiro atoms. The largest absolute Gasteiger partial charge is 0.496 e. The summed E-state index contributed by atoms with van der Waals surface area (Å²) in [5, 5.41) is 0.726. The number of ketones is 2. The van der Waals surface area contributed by atoms with Gasteiger partial charge in [-0.15, -0.1) is 0 Å². The quantitative estimate of drug-likeness (QED) is 0.211. The summed E-state index contributed by atoms with van der Waals surface area (Å²) in [6.07, 6.45) is 0. The van der Waals surface area contributed by atoms with E-state index in [4.69, 9.17) is 74.3 Å². The second-order valence-electron chi connectivity index (χ2n) is 8.31. The van der Waals surface area contributed by atoms with Gasteiger partial charge in [-0.05, 0) is 49.2 Å². The summed E-state index contributed by atoms with van der Waals surface area (Å²) in [7, 11) is 4.68. The SMILES string of the molecule is COC.COc1cc(C)c(Cl)cc1C(=O)c1[nH]c(Cl)c(Cl)c1-n1c(C(=O)c2ccc(C)c(Cl)c2)cc(Cl)c1Cl. The summed E-state index contributed by atoms with van der Waals surface area (Å²) in [5.41, 5.74) is 2.01. The molecule has 0 aliphatic rings. The number of ether oxygens (including phenoxy) is 2. The lowest BCUT2D eigenvalue weighted by molar-refractivity contribution is 0.102. The first kappa shape index (κ1) is 31.4. The van der Waals surface area contributed by atoms with Gasteiger partial charge in [0.05, 0.1) is 29.1 Å². The van der Waals surface area contributed by atoms with E-state index in [1.54, 1.807) is 39.3 Å². The predicted octanol–water partition coefficient (Wildman–Crippen LogP) is 9.08. The molecule has 6 nitrogen and oxygen atoms in total. The van der Waals surface area contributed by atoms with Crippen molar-refractivity contribution in [3.8, 4) is 11.4 Å². The summed E-state index contributed by atoms with van der Waals surface area (Å²) >= 11 is 38.2. The Labute approximate surface area is 255 Å². The van der Waals surface area contributed by atoms with Gasteiger partial charge >= 0.3 is 0 Å². The minimum absolute atomic E-state index is 0.0372. The van der Waals surface area contributed by atoms with Crippen molar-refractivity contribution < 1.29 is 19.1 Å². The highest BCUT2D eigenvalue weighted by molar-refractivity contribution is 6.45. The molecule has 0 unspecified atom stereocenters. The number of rotatable bonds is 6. The number of halogens is 6. The lowest BCUT2D eigenvalue weighted by Gasteiger charge is -2.14. The van der Waals surface area contributed by atoms with E-state index in [1.807, 2.05) is 6.92 Å². The van der Waals surface area contributed by atoms with Gasteiger partial charge in [-0.25, -0.2) is 0 Å². The van der Waals surface area contributed by atoms with Crippen molar-refractivity contribution in [2.24, 2.45) is 0 Å². The zero-order valence-corrected chi connectivity index (χ0v) is 25.8. The van der Waals surface area contributed by atoms with Crippen molar-refractivity contribution in [1.82, 2.24) is 9.55 Å². The fourth-order valence-corrected chi connectivity index (χ4v) is 4.84. The lowest BCUT2D eigenvalue weighted by atomic mass is 10.0. The molecule has 0 fully saturated rings. The Morgan fingerprint density at radius 1 is 0.795 bits per heavy atom. The maximum absolute atomic E-state index is 13.7. The van der Waals surface area contributed by atoms with Crippen LogP contribution in [-0.4, -0.2) is 42.4 Å². The minimum Gasteiger partial charge on any atom is -0.496 e. The first-order chi connectivity index (χ1) is 18.4. The van der Waals surface area contributed by atoms with Crippen molar-refractivity contribution in [2.45, 2.75) is 13.8 Å². The van der Waals surface area contributed by atoms with Gasteiger partial charge in [-0.2, -0.15) is 0 Å². The molecule has 0 aliphatic carbocycles. The van der Waals surface area contributed by atoms with Gasteiger partial charge in [0.15, 0.2) is 0 Å². The molecule has 0 saturated heterocycles. The van der Waals surface area contributed by atoms with E-state index in [0.29, 0.717) is 10.0 Å². The maximum atomic E-state index is 13.7. The summed E-state index contributed by atoms with van der Waals surface area (Å²) in [4.78, 5) is 30.0. The summed E-state index contributed by atoms with van der Waals surface area (Å²) < 4.78 is 10.9. The highest BCUT2D eigenvalue weighted by Crippen LogP contribution is 2.40. The Balaban J connectivity index is 0.00000134. The van der Waals surface area contributed by atoms with Crippen LogP contribution < -0.4 is 4.74 Å². The maximum Gasteiger partial charge on any atom is 0.215 e. The van der Waals surface area contributed by atoms with Crippen LogP contribution in [0, 0.1) is 13.8 Å². The van der Waals surface area contributed by atoms with Gasteiger partial charge in [0.1, 0.15) is 26.8 Å². The Morgan fingerprint density at radius 2 is 1.41 bits per heavy atom. The van der Waals surface area contributed by atoms with Crippen LogP contribution in [0.5, 0.6) is 5.75 Å². The van der Waals surface area contributed by atoms with Gasteiger partial charge in [-0.3, -0.25) is 14.2 Å².